The van der Waals surface area contributed by atoms with Crippen molar-refractivity contribution in [3.8, 4) is 0 Å². The summed E-state index contributed by atoms with van der Waals surface area (Å²) >= 11 is 0. The number of carbonyl (C=O) groups is 1. The molecule has 2 atom stereocenters. The second kappa shape index (κ2) is 4.11. The molecule has 8 heteroatoms. The highest BCUT2D eigenvalue weighted by Gasteiger charge is 2.45. The van der Waals surface area contributed by atoms with Crippen LogP contribution in [-0.4, -0.2) is 52.0 Å². The number of carboxylic acid groups (broad SMARTS) is 1. The number of nitrogens with zero attached hydrogens (tertiary/aromatic N) is 2. The van der Waals surface area contributed by atoms with Crippen LogP contribution in [0.15, 0.2) is 0 Å². The normalized spacial score (nSPS) is 28.1. The van der Waals surface area contributed by atoms with Gasteiger partial charge in [-0.1, -0.05) is 0 Å². The molecular formula is C7H11F3N2O2S. The van der Waals surface area contributed by atoms with Crippen LogP contribution >= 0.6 is 10.7 Å². The maximum Gasteiger partial charge on any atom is 0.397 e. The number of hydrazine groups is 1. The van der Waals surface area contributed by atoms with Crippen LogP contribution in [0.1, 0.15) is 0 Å². The van der Waals surface area contributed by atoms with Crippen LogP contribution in [0.3, 0.4) is 0 Å². The van der Waals surface area contributed by atoms with E-state index in [2.05, 4.69) is 0 Å². The summed E-state index contributed by atoms with van der Waals surface area (Å²) in [7, 11) is 1.55. The Balaban J connectivity index is 2.93. The third kappa shape index (κ3) is 2.70. The van der Waals surface area contributed by atoms with Gasteiger partial charge in [0.1, 0.15) is 0 Å². The van der Waals surface area contributed by atoms with E-state index in [0.29, 0.717) is 0 Å². The average Bonchev–Trinajstić information content (AvgIpc) is 2.45. The lowest BCUT2D eigenvalue weighted by Crippen LogP contribution is -2.36. The van der Waals surface area contributed by atoms with E-state index in [4.69, 9.17) is 5.11 Å². The quantitative estimate of drug-likeness (QED) is 0.712. The molecule has 0 aliphatic carbocycles. The van der Waals surface area contributed by atoms with E-state index < -0.39 is 28.1 Å². The maximum absolute atomic E-state index is 12.4. The number of rotatable bonds is 1. The average molecular weight is 244 g/mol. The minimum Gasteiger partial charge on any atom is -0.473 e. The van der Waals surface area contributed by atoms with Gasteiger partial charge in [-0.25, -0.2) is 9.80 Å². The van der Waals surface area contributed by atoms with Crippen LogP contribution < -0.4 is 0 Å². The molecule has 0 fully saturated rings. The lowest BCUT2D eigenvalue weighted by Gasteiger charge is -2.26. The van der Waals surface area contributed by atoms with Crippen molar-refractivity contribution in [2.24, 2.45) is 5.92 Å². The van der Waals surface area contributed by atoms with Crippen LogP contribution in [-0.2, 0) is 0 Å². The topological polar surface area (TPSA) is 43.8 Å². The highest BCUT2D eigenvalue weighted by molar-refractivity contribution is 8.25. The maximum atomic E-state index is 12.4. The highest BCUT2D eigenvalue weighted by atomic mass is 32.2. The molecule has 88 valence electrons. The summed E-state index contributed by atoms with van der Waals surface area (Å²) < 4.78 is 38.3. The molecule has 0 aromatic carbocycles. The van der Waals surface area contributed by atoms with E-state index >= 15 is 0 Å². The van der Waals surface area contributed by atoms with Gasteiger partial charge in [-0.05, 0) is 5.37 Å². The molecule has 4 nitrogen and oxygen atoms in total. The summed E-state index contributed by atoms with van der Waals surface area (Å²) in [4.78, 5) is 10.7. The smallest absolute Gasteiger partial charge is 0.397 e. The molecule has 0 saturated heterocycles. The molecule has 1 heterocycles. The Morgan fingerprint density at radius 3 is 2.40 bits per heavy atom. The second-order valence-corrected chi connectivity index (χ2v) is 4.92. The van der Waals surface area contributed by atoms with Crippen molar-refractivity contribution >= 4 is 21.3 Å². The van der Waals surface area contributed by atoms with Gasteiger partial charge in [0.25, 0.3) is 0 Å². The third-order valence-electron chi connectivity index (χ3n) is 1.92. The zero-order valence-electron chi connectivity index (χ0n) is 8.15. The third-order valence-corrected chi connectivity index (χ3v) is 3.79. The van der Waals surface area contributed by atoms with Gasteiger partial charge in [0, 0.05) is 31.3 Å². The molecule has 0 spiro atoms. The minimum atomic E-state index is -4.37. The van der Waals surface area contributed by atoms with Crippen molar-refractivity contribution in [2.45, 2.75) is 6.18 Å². The van der Waals surface area contributed by atoms with Crippen LogP contribution in [0, 0.1) is 5.92 Å². The lowest BCUT2D eigenvalue weighted by molar-refractivity contribution is -0.157. The van der Waals surface area contributed by atoms with Crippen molar-refractivity contribution < 1.29 is 23.1 Å². The Morgan fingerprint density at radius 2 is 2.13 bits per heavy atom. The molecule has 0 saturated carbocycles. The number of halogens is 3. The molecule has 0 aromatic heterocycles. The summed E-state index contributed by atoms with van der Waals surface area (Å²) in [6.45, 7) is -0.327. The van der Waals surface area contributed by atoms with E-state index in [1.807, 2.05) is 0 Å². The number of alkyl halides is 3. The lowest BCUT2D eigenvalue weighted by atomic mass is 10.2. The van der Waals surface area contributed by atoms with Gasteiger partial charge < -0.3 is 5.11 Å². The van der Waals surface area contributed by atoms with Crippen LogP contribution in [0.4, 0.5) is 18.0 Å². The first-order valence-electron chi connectivity index (χ1n) is 4.06. The molecule has 0 bridgehead atoms. The van der Waals surface area contributed by atoms with Crippen molar-refractivity contribution in [3.05, 3.63) is 0 Å². The monoisotopic (exact) mass is 244 g/mol. The Morgan fingerprint density at radius 1 is 1.60 bits per heavy atom. The van der Waals surface area contributed by atoms with Crippen LogP contribution in [0.5, 0.6) is 0 Å². The van der Waals surface area contributed by atoms with E-state index in [1.54, 1.807) is 0 Å². The van der Waals surface area contributed by atoms with Gasteiger partial charge >= 0.3 is 11.5 Å². The summed E-state index contributed by atoms with van der Waals surface area (Å²) in [6.07, 6.45) is -4.37. The predicted molar refractivity (Wildman–Crippen MR) is 51.6 cm³/mol. The van der Waals surface area contributed by atoms with Crippen molar-refractivity contribution in [3.63, 3.8) is 0 Å². The van der Waals surface area contributed by atoms with Gasteiger partial charge in [0.05, 0.1) is 5.92 Å². The molecule has 2 unspecified atom stereocenters. The van der Waals surface area contributed by atoms with Crippen molar-refractivity contribution in [1.82, 2.24) is 9.42 Å². The van der Waals surface area contributed by atoms with Gasteiger partial charge in [0.15, 0.2) is 0 Å². The molecular weight excluding hydrogens is 233 g/mol. The first-order chi connectivity index (χ1) is 6.73. The van der Waals surface area contributed by atoms with Gasteiger partial charge in [0.2, 0.25) is 0 Å². The fourth-order valence-electron chi connectivity index (χ4n) is 1.19. The van der Waals surface area contributed by atoms with E-state index in [9.17, 15) is 18.0 Å². The molecule has 0 amide bonds. The predicted octanol–water partition coefficient (Wildman–Crippen LogP) is 1.62. The SMILES string of the molecule is CN(C)N1CC(C(F)(F)F)C=S1C(=O)O. The minimum absolute atomic E-state index is 0.327. The first kappa shape index (κ1) is 12.5. The fourth-order valence-corrected chi connectivity index (χ4v) is 2.85. The Labute approximate surface area is 87.3 Å². The zero-order chi connectivity index (χ0) is 11.8. The molecule has 15 heavy (non-hydrogen) atoms. The summed E-state index contributed by atoms with van der Waals surface area (Å²) in [6, 6.07) is 0. The zero-order valence-corrected chi connectivity index (χ0v) is 8.97. The highest BCUT2D eigenvalue weighted by Crippen LogP contribution is 2.37. The second-order valence-electron chi connectivity index (χ2n) is 3.25. The number of hydrogen-bond acceptors (Lipinski definition) is 3. The van der Waals surface area contributed by atoms with Crippen LogP contribution in [0.2, 0.25) is 0 Å². The molecule has 0 aromatic rings. The standard InChI is InChI=1S/C7H11F3N2O2S/c1-11(2)12-3-5(7(8,9)10)4-15(12)6(13)14/h4-5H,3H2,1-2H3,(H,13,14). The van der Waals surface area contributed by atoms with Gasteiger partial charge in [-0.15, -0.1) is 0 Å². The van der Waals surface area contributed by atoms with Crippen LogP contribution in [0.25, 0.3) is 0 Å². The molecule has 1 aliphatic rings. The van der Waals surface area contributed by atoms with Crippen molar-refractivity contribution in [1.29, 1.82) is 0 Å². The van der Waals surface area contributed by atoms with Crippen molar-refractivity contribution in [2.75, 3.05) is 20.6 Å². The summed E-state index contributed by atoms with van der Waals surface area (Å²) in [5, 5.41) is 9.75. The van der Waals surface area contributed by atoms with Gasteiger partial charge in [-0.2, -0.15) is 17.6 Å². The molecule has 0 radical (unpaired) electrons. The summed E-state index contributed by atoms with van der Waals surface area (Å²) in [5.74, 6) is -1.67. The fraction of sp³-hybridized carbons (Fsp3) is 0.714. The van der Waals surface area contributed by atoms with E-state index in [0.717, 1.165) is 5.37 Å². The van der Waals surface area contributed by atoms with Gasteiger partial charge in [-0.3, -0.25) is 0 Å². The summed E-state index contributed by atoms with van der Waals surface area (Å²) in [5.41, 5.74) is 0. The Hall–Kier alpha value is -0.600. The van der Waals surface area contributed by atoms with E-state index in [-0.39, 0.29) is 6.54 Å². The molecule has 1 rings (SSSR count). The molecule has 1 N–H and O–H groups in total. The first-order valence-corrected chi connectivity index (χ1v) is 5.30. The Kier molecular flexibility index (Phi) is 3.41. The largest absolute Gasteiger partial charge is 0.473 e. The molecule has 1 aliphatic heterocycles. The number of hydrogen-bond donors (Lipinski definition) is 1. The van der Waals surface area contributed by atoms with E-state index in [1.165, 1.54) is 23.5 Å². The Bertz CT molecular complexity index is 303.